The van der Waals surface area contributed by atoms with E-state index in [0.29, 0.717) is 13.1 Å². The zero-order valence-corrected chi connectivity index (χ0v) is 19.5. The van der Waals surface area contributed by atoms with Crippen molar-refractivity contribution in [3.05, 3.63) is 65.2 Å². The number of aryl methyl sites for hydroxylation is 2. The molecule has 0 aliphatic carbocycles. The molecule has 1 aromatic carbocycles. The highest BCUT2D eigenvalue weighted by molar-refractivity contribution is 5.68. The summed E-state index contributed by atoms with van der Waals surface area (Å²) in [7, 11) is 1.43. The van der Waals surface area contributed by atoms with Crippen LogP contribution in [-0.2, 0) is 23.4 Å². The lowest BCUT2D eigenvalue weighted by atomic mass is 9.84. The number of carbonyl (C=O) groups is 1. The van der Waals surface area contributed by atoms with Crippen molar-refractivity contribution in [1.29, 1.82) is 0 Å². The summed E-state index contributed by atoms with van der Waals surface area (Å²) in [5, 5.41) is 9.00. The van der Waals surface area contributed by atoms with Gasteiger partial charge in [0, 0.05) is 44.1 Å². The number of fused-ring (bicyclic) bond motifs is 2. The molecule has 8 nitrogen and oxygen atoms in total. The smallest absolute Gasteiger partial charge is 0.409 e. The van der Waals surface area contributed by atoms with Crippen molar-refractivity contribution in [2.24, 2.45) is 0 Å². The van der Waals surface area contributed by atoms with Gasteiger partial charge in [-0.2, -0.15) is 0 Å². The molecule has 5 rings (SSSR count). The Bertz CT molecular complexity index is 1130. The van der Waals surface area contributed by atoms with Crippen LogP contribution in [0.4, 0.5) is 4.79 Å². The minimum atomic E-state index is -0.316. The van der Waals surface area contributed by atoms with Crippen LogP contribution in [0.1, 0.15) is 35.4 Å². The Kier molecular flexibility index (Phi) is 5.62. The van der Waals surface area contributed by atoms with Gasteiger partial charge in [-0.1, -0.05) is 29.3 Å². The monoisotopic (exact) mass is 446 g/mol. The number of pyridine rings is 1. The normalized spacial score (nSPS) is 17.7. The lowest BCUT2D eigenvalue weighted by molar-refractivity contribution is 0.0341. The average molecular weight is 447 g/mol. The van der Waals surface area contributed by atoms with Crippen molar-refractivity contribution < 1.29 is 9.53 Å². The highest BCUT2D eigenvalue weighted by Crippen LogP contribution is 2.39. The van der Waals surface area contributed by atoms with E-state index in [-0.39, 0.29) is 11.6 Å². The van der Waals surface area contributed by atoms with Gasteiger partial charge in [-0.15, -0.1) is 10.2 Å². The minimum Gasteiger partial charge on any atom is -0.453 e. The second-order valence-corrected chi connectivity index (χ2v) is 9.34. The van der Waals surface area contributed by atoms with Gasteiger partial charge in [0.2, 0.25) is 0 Å². The molecule has 1 spiro atoms. The minimum absolute atomic E-state index is 0.268. The molecule has 0 bridgehead atoms. The van der Waals surface area contributed by atoms with Gasteiger partial charge >= 0.3 is 6.09 Å². The summed E-state index contributed by atoms with van der Waals surface area (Å²) in [5.74, 6) is 1.62. The van der Waals surface area contributed by atoms with E-state index in [1.54, 1.807) is 11.1 Å². The molecule has 2 aliphatic rings. The molecule has 172 valence electrons. The molecule has 0 atom stereocenters. The zero-order chi connectivity index (χ0) is 23.0. The molecular formula is C25H30N6O2. The molecule has 1 saturated heterocycles. The summed E-state index contributed by atoms with van der Waals surface area (Å²) >= 11 is 0. The van der Waals surface area contributed by atoms with E-state index in [2.05, 4.69) is 56.7 Å². The van der Waals surface area contributed by atoms with Crippen molar-refractivity contribution in [2.45, 2.75) is 45.3 Å². The number of aromatic nitrogens is 4. The van der Waals surface area contributed by atoms with E-state index in [1.165, 1.54) is 23.8 Å². The van der Waals surface area contributed by atoms with Crippen LogP contribution in [0.25, 0.3) is 11.4 Å². The third kappa shape index (κ3) is 4.11. The Balaban J connectivity index is 1.44. The predicted octanol–water partition coefficient (Wildman–Crippen LogP) is 3.53. The van der Waals surface area contributed by atoms with Crippen LogP contribution < -0.4 is 0 Å². The number of carbonyl (C=O) groups excluding carboxylic acids is 1. The van der Waals surface area contributed by atoms with E-state index in [0.717, 1.165) is 49.7 Å². The van der Waals surface area contributed by atoms with Crippen molar-refractivity contribution in [1.82, 2.24) is 29.5 Å². The van der Waals surface area contributed by atoms with Crippen molar-refractivity contribution in [3.63, 3.8) is 0 Å². The molecule has 2 aromatic heterocycles. The summed E-state index contributed by atoms with van der Waals surface area (Å²) in [6.45, 7) is 8.10. The maximum Gasteiger partial charge on any atom is 0.409 e. The number of rotatable bonds is 3. The number of benzene rings is 1. The Morgan fingerprint density at radius 2 is 1.88 bits per heavy atom. The maximum atomic E-state index is 12.5. The number of amides is 1. The third-order valence-electron chi connectivity index (χ3n) is 6.85. The van der Waals surface area contributed by atoms with Gasteiger partial charge in [0.25, 0.3) is 0 Å². The summed E-state index contributed by atoms with van der Waals surface area (Å²) in [6, 6.07) is 10.7. The average Bonchev–Trinajstić information content (AvgIpc) is 3.25. The molecule has 8 heteroatoms. The topological polar surface area (TPSA) is 76.4 Å². The molecule has 1 amide bonds. The highest BCUT2D eigenvalue weighted by Gasteiger charge is 2.45. The van der Waals surface area contributed by atoms with Crippen LogP contribution in [0.5, 0.6) is 0 Å². The second-order valence-electron chi connectivity index (χ2n) is 9.34. The first-order chi connectivity index (χ1) is 16.0. The molecule has 0 saturated carbocycles. The Hall–Kier alpha value is -3.26. The van der Waals surface area contributed by atoms with E-state index in [1.807, 2.05) is 18.3 Å². The second kappa shape index (κ2) is 8.59. The molecule has 3 aromatic rings. The number of nitrogens with zero attached hydrogens (tertiary/aromatic N) is 6. The fraction of sp³-hybridized carbons (Fsp3) is 0.440. The fourth-order valence-electron chi connectivity index (χ4n) is 5.44. The molecule has 0 radical (unpaired) electrons. The van der Waals surface area contributed by atoms with Gasteiger partial charge in [-0.3, -0.25) is 14.8 Å². The summed E-state index contributed by atoms with van der Waals surface area (Å²) in [6.07, 6.45) is 5.08. The number of methoxy groups -OCH3 is 1. The molecule has 33 heavy (non-hydrogen) atoms. The van der Waals surface area contributed by atoms with Crippen molar-refractivity contribution in [2.75, 3.05) is 26.7 Å². The van der Waals surface area contributed by atoms with E-state index in [9.17, 15) is 4.79 Å². The first-order valence-corrected chi connectivity index (χ1v) is 11.4. The number of hydrogen-bond donors (Lipinski definition) is 0. The Morgan fingerprint density at radius 3 is 2.55 bits per heavy atom. The lowest BCUT2D eigenvalue weighted by Crippen LogP contribution is -2.57. The van der Waals surface area contributed by atoms with Gasteiger partial charge in [0.05, 0.1) is 19.2 Å². The van der Waals surface area contributed by atoms with Crippen LogP contribution in [0.2, 0.25) is 0 Å². The maximum absolute atomic E-state index is 12.5. The Labute approximate surface area is 194 Å². The molecule has 0 N–H and O–H groups in total. The van der Waals surface area contributed by atoms with Crippen LogP contribution in [0, 0.1) is 13.8 Å². The van der Waals surface area contributed by atoms with Gasteiger partial charge in [-0.05, 0) is 44.4 Å². The molecule has 1 fully saturated rings. The fourth-order valence-corrected chi connectivity index (χ4v) is 5.44. The Morgan fingerprint density at radius 1 is 1.12 bits per heavy atom. The number of ether oxygens (including phenoxy) is 1. The number of likely N-dealkylation sites (tertiary alicyclic amines) is 1. The lowest BCUT2D eigenvalue weighted by Gasteiger charge is -2.48. The van der Waals surface area contributed by atoms with Crippen LogP contribution in [0.15, 0.2) is 42.7 Å². The summed E-state index contributed by atoms with van der Waals surface area (Å²) in [4.78, 5) is 21.0. The molecule has 4 heterocycles. The first kappa shape index (κ1) is 21.6. The predicted molar refractivity (Wildman–Crippen MR) is 124 cm³/mol. The third-order valence-corrected chi connectivity index (χ3v) is 6.85. The van der Waals surface area contributed by atoms with Crippen LogP contribution in [-0.4, -0.2) is 62.4 Å². The summed E-state index contributed by atoms with van der Waals surface area (Å²) < 4.78 is 7.34. The van der Waals surface area contributed by atoms with Gasteiger partial charge < -0.3 is 9.30 Å². The number of piperidine rings is 1. The summed E-state index contributed by atoms with van der Waals surface area (Å²) in [5.41, 5.74) is 4.63. The van der Waals surface area contributed by atoms with E-state index < -0.39 is 0 Å². The van der Waals surface area contributed by atoms with Crippen LogP contribution in [0.3, 0.4) is 0 Å². The highest BCUT2D eigenvalue weighted by atomic mass is 16.5. The molecule has 2 aliphatic heterocycles. The van der Waals surface area contributed by atoms with E-state index >= 15 is 0 Å². The first-order valence-electron chi connectivity index (χ1n) is 11.4. The standard InChI is InChI=1S/C25H30N6O2/c1-18-11-19(2)13-20(12-18)15-29-9-6-25(7-10-29)17-30(24(32)33-3)16-22-27-28-23(31(22)25)21-5-4-8-26-14-21/h4-5,8,11-14H,6-7,9-10,15-17H2,1-3H3. The van der Waals surface area contributed by atoms with E-state index in [4.69, 9.17) is 4.74 Å². The van der Waals surface area contributed by atoms with Crippen LogP contribution >= 0.6 is 0 Å². The van der Waals surface area contributed by atoms with Gasteiger partial charge in [-0.25, -0.2) is 4.79 Å². The quantitative estimate of drug-likeness (QED) is 0.613. The zero-order valence-electron chi connectivity index (χ0n) is 19.5. The largest absolute Gasteiger partial charge is 0.453 e. The number of hydrogen-bond acceptors (Lipinski definition) is 6. The van der Waals surface area contributed by atoms with Crippen molar-refractivity contribution in [3.8, 4) is 11.4 Å². The van der Waals surface area contributed by atoms with Gasteiger partial charge in [0.1, 0.15) is 0 Å². The molecule has 0 unspecified atom stereocenters. The van der Waals surface area contributed by atoms with Gasteiger partial charge in [0.15, 0.2) is 11.6 Å². The SMILES string of the molecule is COC(=O)N1Cc2nnc(-c3cccnc3)n2C2(CCN(Cc3cc(C)cc(C)c3)CC2)C1. The molecular weight excluding hydrogens is 416 g/mol. The van der Waals surface area contributed by atoms with Crippen molar-refractivity contribution >= 4 is 6.09 Å².